The highest BCUT2D eigenvalue weighted by Crippen LogP contribution is 2.35. The number of aliphatic carboxylic acids is 1. The molecule has 0 spiro atoms. The van der Waals surface area contributed by atoms with Crippen molar-refractivity contribution in [3.05, 3.63) is 64.1 Å². The van der Waals surface area contributed by atoms with E-state index in [9.17, 15) is 23.9 Å². The van der Waals surface area contributed by atoms with E-state index in [0.29, 0.717) is 22.2 Å². The Morgan fingerprint density at radius 2 is 1.83 bits per heavy atom. The number of rotatable bonds is 6. The van der Waals surface area contributed by atoms with Crippen molar-refractivity contribution in [3.63, 3.8) is 0 Å². The Balaban J connectivity index is 2.05. The SMILES string of the molecule is Cc1c(CC(=O)NCCC(=O)O)c2cc(O)c(Cl)cc2n1C(=O)c1ccc(F)cc1. The Morgan fingerprint density at radius 3 is 2.47 bits per heavy atom. The number of fused-ring (bicyclic) bond motifs is 1. The van der Waals surface area contributed by atoms with Crippen molar-refractivity contribution in [2.45, 2.75) is 19.8 Å². The van der Waals surface area contributed by atoms with E-state index in [1.165, 1.54) is 41.0 Å². The minimum absolute atomic E-state index is 0.0303. The van der Waals surface area contributed by atoms with Crippen molar-refractivity contribution >= 4 is 40.3 Å². The van der Waals surface area contributed by atoms with Gasteiger partial charge in [-0.15, -0.1) is 0 Å². The Morgan fingerprint density at radius 1 is 1.17 bits per heavy atom. The summed E-state index contributed by atoms with van der Waals surface area (Å²) in [5, 5.41) is 21.7. The number of aromatic nitrogens is 1. The van der Waals surface area contributed by atoms with Crippen LogP contribution in [0.25, 0.3) is 10.9 Å². The first-order valence-electron chi connectivity index (χ1n) is 9.00. The molecule has 9 heteroatoms. The lowest BCUT2D eigenvalue weighted by atomic mass is 10.1. The normalized spacial score (nSPS) is 10.9. The molecule has 0 aliphatic carbocycles. The molecule has 0 unspecified atom stereocenters. The molecule has 3 aromatic rings. The summed E-state index contributed by atoms with van der Waals surface area (Å²) >= 11 is 6.04. The average molecular weight is 433 g/mol. The molecule has 2 aromatic carbocycles. The number of amides is 1. The van der Waals surface area contributed by atoms with Gasteiger partial charge in [-0.2, -0.15) is 0 Å². The van der Waals surface area contributed by atoms with Crippen LogP contribution in [0.5, 0.6) is 5.75 Å². The number of phenolic OH excluding ortho intramolecular Hbond substituents is 1. The number of carboxylic acids is 1. The molecule has 0 aliphatic heterocycles. The molecule has 1 amide bonds. The maximum Gasteiger partial charge on any atom is 0.305 e. The number of nitrogens with zero attached hydrogens (tertiary/aromatic N) is 1. The zero-order chi connectivity index (χ0) is 22.0. The number of carboxylic acid groups (broad SMARTS) is 1. The van der Waals surface area contributed by atoms with E-state index in [4.69, 9.17) is 16.7 Å². The summed E-state index contributed by atoms with van der Waals surface area (Å²) in [6, 6.07) is 7.84. The van der Waals surface area contributed by atoms with Gasteiger partial charge in [0, 0.05) is 23.2 Å². The van der Waals surface area contributed by atoms with Crippen LogP contribution in [-0.2, 0) is 16.0 Å². The summed E-state index contributed by atoms with van der Waals surface area (Å²) in [6.07, 6.45) is -0.349. The fraction of sp³-hybridized carbons (Fsp3) is 0.190. The molecule has 1 heterocycles. The van der Waals surface area contributed by atoms with Gasteiger partial charge in [0.15, 0.2) is 0 Å². The monoisotopic (exact) mass is 432 g/mol. The number of hydrogen-bond acceptors (Lipinski definition) is 4. The van der Waals surface area contributed by atoms with Gasteiger partial charge in [-0.1, -0.05) is 11.6 Å². The van der Waals surface area contributed by atoms with Gasteiger partial charge in [-0.25, -0.2) is 4.39 Å². The minimum atomic E-state index is -1.03. The average Bonchev–Trinajstić information content (AvgIpc) is 2.93. The molecule has 0 atom stereocenters. The van der Waals surface area contributed by atoms with Crippen molar-refractivity contribution in [1.29, 1.82) is 0 Å². The van der Waals surface area contributed by atoms with Crippen LogP contribution in [0.15, 0.2) is 36.4 Å². The number of nitrogens with one attached hydrogen (secondary N) is 1. The van der Waals surface area contributed by atoms with Crippen LogP contribution in [0.3, 0.4) is 0 Å². The van der Waals surface area contributed by atoms with Gasteiger partial charge in [0.2, 0.25) is 5.91 Å². The van der Waals surface area contributed by atoms with Gasteiger partial charge in [-0.3, -0.25) is 19.0 Å². The van der Waals surface area contributed by atoms with Gasteiger partial charge in [0.25, 0.3) is 5.91 Å². The van der Waals surface area contributed by atoms with Crippen LogP contribution in [-0.4, -0.2) is 39.1 Å². The van der Waals surface area contributed by atoms with E-state index in [0.717, 1.165) is 0 Å². The van der Waals surface area contributed by atoms with Gasteiger partial charge in [0.1, 0.15) is 11.6 Å². The van der Waals surface area contributed by atoms with Crippen LogP contribution in [0.4, 0.5) is 4.39 Å². The summed E-state index contributed by atoms with van der Waals surface area (Å²) in [4.78, 5) is 36.0. The number of aromatic hydroxyl groups is 1. The summed E-state index contributed by atoms with van der Waals surface area (Å²) in [6.45, 7) is 1.61. The highest BCUT2D eigenvalue weighted by atomic mass is 35.5. The molecule has 3 N–H and O–H groups in total. The molecular formula is C21H18ClFN2O5. The second-order valence-corrected chi connectivity index (χ2v) is 7.11. The highest BCUT2D eigenvalue weighted by Gasteiger charge is 2.23. The zero-order valence-electron chi connectivity index (χ0n) is 15.9. The first-order chi connectivity index (χ1) is 14.2. The topological polar surface area (TPSA) is 109 Å². The third-order valence-electron chi connectivity index (χ3n) is 4.70. The number of halogens is 2. The van der Waals surface area contributed by atoms with E-state index in [1.807, 2.05) is 0 Å². The number of benzene rings is 2. The minimum Gasteiger partial charge on any atom is -0.506 e. The first kappa shape index (κ1) is 21.3. The third-order valence-corrected chi connectivity index (χ3v) is 5.00. The summed E-state index contributed by atoms with van der Waals surface area (Å²) in [5.74, 6) is -2.60. The predicted octanol–water partition coefficient (Wildman–Crippen LogP) is 3.27. The Hall–Kier alpha value is -3.39. The van der Waals surface area contributed by atoms with E-state index in [1.54, 1.807) is 6.92 Å². The maximum atomic E-state index is 13.2. The molecule has 156 valence electrons. The predicted molar refractivity (Wildman–Crippen MR) is 108 cm³/mol. The fourth-order valence-electron chi connectivity index (χ4n) is 3.23. The van der Waals surface area contributed by atoms with Crippen molar-refractivity contribution < 1.29 is 29.0 Å². The number of carbonyl (C=O) groups is 3. The van der Waals surface area contributed by atoms with Crippen LogP contribution < -0.4 is 5.32 Å². The summed E-state index contributed by atoms with van der Waals surface area (Å²) < 4.78 is 14.6. The van der Waals surface area contributed by atoms with Crippen LogP contribution in [0.2, 0.25) is 5.02 Å². The second-order valence-electron chi connectivity index (χ2n) is 6.70. The molecule has 30 heavy (non-hydrogen) atoms. The standard InChI is InChI=1S/C21H18ClFN2O5/c1-11-14(9-19(27)24-7-6-20(28)29)15-8-18(26)16(22)10-17(15)25(11)21(30)12-2-4-13(23)5-3-12/h2-5,8,10,26H,6-7,9H2,1H3,(H,24,27)(H,28,29). The van der Waals surface area contributed by atoms with Crippen LogP contribution in [0.1, 0.15) is 28.0 Å². The van der Waals surface area contributed by atoms with Crippen molar-refractivity contribution in [2.75, 3.05) is 6.54 Å². The van der Waals surface area contributed by atoms with E-state index < -0.39 is 23.6 Å². The molecule has 0 aliphatic rings. The molecule has 7 nitrogen and oxygen atoms in total. The van der Waals surface area contributed by atoms with Crippen molar-refractivity contribution in [1.82, 2.24) is 9.88 Å². The highest BCUT2D eigenvalue weighted by molar-refractivity contribution is 6.33. The van der Waals surface area contributed by atoms with Gasteiger partial charge in [-0.05, 0) is 48.9 Å². The molecule has 0 radical (unpaired) electrons. The lowest BCUT2D eigenvalue weighted by Crippen LogP contribution is -2.27. The third kappa shape index (κ3) is 4.28. The lowest BCUT2D eigenvalue weighted by molar-refractivity contribution is -0.136. The molecular weight excluding hydrogens is 415 g/mol. The second kappa shape index (κ2) is 8.54. The fourth-order valence-corrected chi connectivity index (χ4v) is 3.38. The van der Waals surface area contributed by atoms with Gasteiger partial charge >= 0.3 is 5.97 Å². The van der Waals surface area contributed by atoms with E-state index in [-0.39, 0.29) is 35.7 Å². The summed E-state index contributed by atoms with van der Waals surface area (Å²) in [7, 11) is 0. The molecule has 3 rings (SSSR count). The quantitative estimate of drug-likeness (QED) is 0.554. The largest absolute Gasteiger partial charge is 0.506 e. The van der Waals surface area contributed by atoms with E-state index >= 15 is 0 Å². The lowest BCUT2D eigenvalue weighted by Gasteiger charge is -2.08. The Kier molecular flexibility index (Phi) is 6.07. The van der Waals surface area contributed by atoms with Crippen molar-refractivity contribution in [3.8, 4) is 5.75 Å². The van der Waals surface area contributed by atoms with Crippen LogP contribution >= 0.6 is 11.6 Å². The van der Waals surface area contributed by atoms with Crippen molar-refractivity contribution in [2.24, 2.45) is 0 Å². The molecule has 1 aromatic heterocycles. The molecule has 0 bridgehead atoms. The smallest absolute Gasteiger partial charge is 0.305 e. The summed E-state index contributed by atoms with van der Waals surface area (Å²) in [5.41, 5.74) is 1.56. The molecule has 0 saturated heterocycles. The zero-order valence-corrected chi connectivity index (χ0v) is 16.7. The van der Waals surface area contributed by atoms with Gasteiger partial charge in [0.05, 0.1) is 23.4 Å². The van der Waals surface area contributed by atoms with Gasteiger partial charge < -0.3 is 15.5 Å². The first-order valence-corrected chi connectivity index (χ1v) is 9.38. The Bertz CT molecular complexity index is 1150. The number of carbonyl (C=O) groups excluding carboxylic acids is 2. The maximum absolute atomic E-state index is 13.2. The van der Waals surface area contributed by atoms with Crippen LogP contribution in [0, 0.1) is 12.7 Å². The Labute approximate surface area is 175 Å². The number of hydrogen-bond donors (Lipinski definition) is 3. The van der Waals surface area contributed by atoms with E-state index in [2.05, 4.69) is 5.32 Å². The molecule has 0 saturated carbocycles. The molecule has 0 fully saturated rings. The number of phenols is 1.